The molecule has 0 spiro atoms. The maximum Gasteiger partial charge on any atom is 0.296 e. The third-order valence-corrected chi connectivity index (χ3v) is 4.68. The van der Waals surface area contributed by atoms with Crippen LogP contribution in [0.25, 0.3) is 10.9 Å². The minimum atomic E-state index is -0.737. The molecule has 0 saturated carbocycles. The van der Waals surface area contributed by atoms with Crippen LogP contribution in [0.2, 0.25) is 0 Å². The van der Waals surface area contributed by atoms with E-state index in [1.54, 1.807) is 42.6 Å². The normalized spacial score (nSPS) is 10.7. The van der Waals surface area contributed by atoms with E-state index in [9.17, 15) is 19.7 Å². The van der Waals surface area contributed by atoms with Gasteiger partial charge in [-0.05, 0) is 23.8 Å². The number of benzene rings is 2. The summed E-state index contributed by atoms with van der Waals surface area (Å²) in [6.07, 6.45) is 4.69. The number of ketones is 1. The highest BCUT2D eigenvalue weighted by Crippen LogP contribution is 2.24. The van der Waals surface area contributed by atoms with E-state index in [0.29, 0.717) is 23.2 Å². The van der Waals surface area contributed by atoms with Crippen molar-refractivity contribution in [3.8, 4) is 0 Å². The van der Waals surface area contributed by atoms with Crippen LogP contribution in [0, 0.1) is 10.1 Å². The quantitative estimate of drug-likeness (QED) is 0.229. The Morgan fingerprint density at radius 1 is 1.00 bits per heavy atom. The van der Waals surface area contributed by atoms with Crippen LogP contribution in [0.15, 0.2) is 79.3 Å². The lowest BCUT2D eigenvalue weighted by atomic mass is 10.1. The lowest BCUT2D eigenvalue weighted by molar-refractivity contribution is -0.384. The van der Waals surface area contributed by atoms with Crippen molar-refractivity contribution in [3.05, 3.63) is 100 Å². The van der Waals surface area contributed by atoms with Crippen molar-refractivity contribution in [1.29, 1.82) is 0 Å². The molecule has 2 aromatic heterocycles. The number of nitro groups is 1. The Balaban J connectivity index is 1.64. The molecule has 1 N–H and O–H groups in total. The van der Waals surface area contributed by atoms with E-state index in [2.05, 4.69) is 10.3 Å². The Kier molecular flexibility index (Phi) is 5.04. The first-order valence-corrected chi connectivity index (χ1v) is 9.10. The van der Waals surface area contributed by atoms with Gasteiger partial charge in [0.1, 0.15) is 0 Å². The first-order valence-electron chi connectivity index (χ1n) is 9.10. The third-order valence-electron chi connectivity index (χ3n) is 4.68. The van der Waals surface area contributed by atoms with Crippen molar-refractivity contribution in [2.45, 2.75) is 6.54 Å². The minimum absolute atomic E-state index is 0.0137. The van der Waals surface area contributed by atoms with Crippen LogP contribution in [-0.4, -0.2) is 26.2 Å². The molecule has 0 radical (unpaired) electrons. The SMILES string of the molecule is O=C(Nc1ccncc1)C(=O)c1cn(Cc2ccc([N+](=O)[O-])cc2)c2ccccc12. The van der Waals surface area contributed by atoms with Crippen molar-refractivity contribution in [3.63, 3.8) is 0 Å². The average molecular weight is 400 g/mol. The van der Waals surface area contributed by atoms with Crippen molar-refractivity contribution in [1.82, 2.24) is 9.55 Å². The number of non-ortho nitro benzene ring substituents is 1. The number of rotatable bonds is 6. The number of nitro benzene ring substituents is 1. The number of para-hydroxylation sites is 1. The van der Waals surface area contributed by atoms with Gasteiger partial charge in [-0.3, -0.25) is 24.7 Å². The summed E-state index contributed by atoms with van der Waals surface area (Å²) >= 11 is 0. The van der Waals surface area contributed by atoms with Gasteiger partial charge in [-0.25, -0.2) is 0 Å². The fourth-order valence-electron chi connectivity index (χ4n) is 3.22. The molecule has 0 bridgehead atoms. The lowest BCUT2D eigenvalue weighted by Crippen LogP contribution is -2.22. The number of nitrogens with one attached hydrogen (secondary N) is 1. The molecule has 148 valence electrons. The standard InChI is InChI=1S/C22H16N4O4/c27-21(22(28)24-16-9-11-23-12-10-16)19-14-25(20-4-2-1-3-18(19)20)13-15-5-7-17(8-6-15)26(29)30/h1-12,14H,13H2,(H,23,24,28). The lowest BCUT2D eigenvalue weighted by Gasteiger charge is -2.05. The molecule has 8 nitrogen and oxygen atoms in total. The molecule has 0 aliphatic rings. The van der Waals surface area contributed by atoms with Crippen molar-refractivity contribution >= 4 is 34.0 Å². The zero-order valence-electron chi connectivity index (χ0n) is 15.7. The highest BCUT2D eigenvalue weighted by atomic mass is 16.6. The summed E-state index contributed by atoms with van der Waals surface area (Å²) in [6, 6.07) is 16.7. The molecule has 1 amide bonds. The Hall–Kier alpha value is -4.33. The average Bonchev–Trinajstić information content (AvgIpc) is 3.13. The van der Waals surface area contributed by atoms with Gasteiger partial charge in [0.15, 0.2) is 0 Å². The van der Waals surface area contributed by atoms with Crippen LogP contribution in [0.5, 0.6) is 0 Å². The molecule has 2 heterocycles. The monoisotopic (exact) mass is 400 g/mol. The van der Waals surface area contributed by atoms with Gasteiger partial charge in [0.2, 0.25) is 0 Å². The minimum Gasteiger partial charge on any atom is -0.342 e. The van der Waals surface area contributed by atoms with Crippen LogP contribution in [0.4, 0.5) is 11.4 Å². The summed E-state index contributed by atoms with van der Waals surface area (Å²) in [4.78, 5) is 39.6. The number of pyridine rings is 1. The van der Waals surface area contributed by atoms with Gasteiger partial charge in [-0.1, -0.05) is 30.3 Å². The summed E-state index contributed by atoms with van der Waals surface area (Å²) in [5.41, 5.74) is 2.41. The van der Waals surface area contributed by atoms with Gasteiger partial charge < -0.3 is 9.88 Å². The second kappa shape index (κ2) is 7.96. The number of amides is 1. The Morgan fingerprint density at radius 3 is 2.40 bits per heavy atom. The fourth-order valence-corrected chi connectivity index (χ4v) is 3.22. The Bertz CT molecular complexity index is 1250. The van der Waals surface area contributed by atoms with E-state index in [1.165, 1.54) is 24.5 Å². The number of Topliss-reactive ketones (excluding diaryl/α,β-unsaturated/α-hetero) is 1. The van der Waals surface area contributed by atoms with Crippen LogP contribution in [0.1, 0.15) is 15.9 Å². The maximum atomic E-state index is 12.8. The van der Waals surface area contributed by atoms with Gasteiger partial charge in [-0.2, -0.15) is 0 Å². The zero-order valence-corrected chi connectivity index (χ0v) is 15.7. The van der Waals surface area contributed by atoms with Gasteiger partial charge in [0.25, 0.3) is 17.4 Å². The summed E-state index contributed by atoms with van der Waals surface area (Å²) in [5.74, 6) is -1.38. The Morgan fingerprint density at radius 2 is 1.70 bits per heavy atom. The van der Waals surface area contributed by atoms with Crippen molar-refractivity contribution in [2.24, 2.45) is 0 Å². The predicted molar refractivity (Wildman–Crippen MR) is 111 cm³/mol. The molecule has 0 aliphatic heterocycles. The maximum absolute atomic E-state index is 12.8. The molecule has 30 heavy (non-hydrogen) atoms. The van der Waals surface area contributed by atoms with E-state index in [1.807, 2.05) is 16.7 Å². The first kappa shape index (κ1) is 19.0. The second-order valence-corrected chi connectivity index (χ2v) is 6.63. The molecule has 8 heteroatoms. The molecule has 0 unspecified atom stereocenters. The van der Waals surface area contributed by atoms with Gasteiger partial charge in [0, 0.05) is 53.9 Å². The largest absolute Gasteiger partial charge is 0.342 e. The number of aromatic nitrogens is 2. The van der Waals surface area contributed by atoms with E-state index in [4.69, 9.17) is 0 Å². The van der Waals surface area contributed by atoms with Crippen molar-refractivity contribution in [2.75, 3.05) is 5.32 Å². The molecule has 4 rings (SSSR count). The molecule has 2 aromatic carbocycles. The van der Waals surface area contributed by atoms with E-state index in [0.717, 1.165) is 11.1 Å². The van der Waals surface area contributed by atoms with Crippen LogP contribution >= 0.6 is 0 Å². The summed E-state index contributed by atoms with van der Waals surface area (Å²) in [7, 11) is 0. The number of hydrogen-bond donors (Lipinski definition) is 1. The van der Waals surface area contributed by atoms with E-state index >= 15 is 0 Å². The topological polar surface area (TPSA) is 107 Å². The van der Waals surface area contributed by atoms with Crippen molar-refractivity contribution < 1.29 is 14.5 Å². The summed E-state index contributed by atoms with van der Waals surface area (Å²) < 4.78 is 1.85. The second-order valence-electron chi connectivity index (χ2n) is 6.63. The highest BCUT2D eigenvalue weighted by molar-refractivity contribution is 6.48. The number of hydrogen-bond acceptors (Lipinski definition) is 5. The van der Waals surface area contributed by atoms with E-state index < -0.39 is 16.6 Å². The molecule has 4 aromatic rings. The molecule has 0 atom stereocenters. The zero-order chi connectivity index (χ0) is 21.1. The summed E-state index contributed by atoms with van der Waals surface area (Å²) in [6.45, 7) is 0.401. The van der Waals surface area contributed by atoms with Gasteiger partial charge >= 0.3 is 0 Å². The Labute approximate surface area is 170 Å². The molecular formula is C22H16N4O4. The van der Waals surface area contributed by atoms with Gasteiger partial charge in [-0.15, -0.1) is 0 Å². The number of fused-ring (bicyclic) bond motifs is 1. The van der Waals surface area contributed by atoms with Crippen LogP contribution < -0.4 is 5.32 Å². The molecule has 0 fully saturated rings. The molecule has 0 saturated heterocycles. The fraction of sp³-hybridized carbons (Fsp3) is 0.0455. The number of carbonyl (C=O) groups excluding carboxylic acids is 2. The highest BCUT2D eigenvalue weighted by Gasteiger charge is 2.22. The smallest absolute Gasteiger partial charge is 0.296 e. The molecular weight excluding hydrogens is 384 g/mol. The predicted octanol–water partition coefficient (Wildman–Crippen LogP) is 3.81. The number of nitrogens with zero attached hydrogens (tertiary/aromatic N) is 3. The molecule has 0 aliphatic carbocycles. The van der Waals surface area contributed by atoms with Gasteiger partial charge in [0.05, 0.1) is 10.5 Å². The third kappa shape index (κ3) is 3.79. The first-order chi connectivity index (χ1) is 14.5. The van der Waals surface area contributed by atoms with Crippen LogP contribution in [0.3, 0.4) is 0 Å². The van der Waals surface area contributed by atoms with Crippen LogP contribution in [-0.2, 0) is 11.3 Å². The number of anilines is 1. The summed E-state index contributed by atoms with van der Waals surface area (Å²) in [5, 5.41) is 14.1. The number of carbonyl (C=O) groups is 2. The van der Waals surface area contributed by atoms with E-state index in [-0.39, 0.29) is 5.69 Å².